The maximum atomic E-state index is 12.3. The van der Waals surface area contributed by atoms with Crippen molar-refractivity contribution in [2.45, 2.75) is 45.1 Å². The molecule has 1 fully saturated rings. The zero-order chi connectivity index (χ0) is 26.1. The molecular formula is C27H31NO6S2. The molecule has 0 aliphatic heterocycles. The first-order valence-electron chi connectivity index (χ1n) is 11.7. The number of rotatable bonds is 7. The highest BCUT2D eigenvalue weighted by Crippen LogP contribution is 2.46. The Morgan fingerprint density at radius 2 is 1.64 bits per heavy atom. The van der Waals surface area contributed by atoms with Gasteiger partial charge in [0.1, 0.15) is 10.8 Å². The van der Waals surface area contributed by atoms with E-state index in [1.54, 1.807) is 6.07 Å². The molecule has 2 aromatic carbocycles. The average Bonchev–Trinajstić information content (AvgIpc) is 3.35. The van der Waals surface area contributed by atoms with Crippen LogP contribution in [0, 0.1) is 5.41 Å². The van der Waals surface area contributed by atoms with Gasteiger partial charge in [-0.3, -0.25) is 0 Å². The molecule has 1 saturated carbocycles. The second-order valence-electron chi connectivity index (χ2n) is 9.84. The lowest BCUT2D eigenvalue weighted by molar-refractivity contribution is -0.0305. The molecule has 7 nitrogen and oxygen atoms in total. The largest absolute Gasteiger partial charge is 0.495 e. The molecule has 0 atom stereocenters. The van der Waals surface area contributed by atoms with Crippen molar-refractivity contribution in [1.29, 1.82) is 0 Å². The Morgan fingerprint density at radius 3 is 2.22 bits per heavy atom. The van der Waals surface area contributed by atoms with E-state index in [0.29, 0.717) is 10.7 Å². The number of ether oxygens (including phenoxy) is 2. The Hall–Kier alpha value is -2.88. The first kappa shape index (κ1) is 26.2. The van der Waals surface area contributed by atoms with E-state index in [2.05, 4.69) is 13.8 Å². The number of thiol groups is 1. The fraction of sp³-hybridized carbons (Fsp3) is 0.370. The lowest BCUT2D eigenvalue weighted by Gasteiger charge is -2.40. The first-order valence-corrected chi connectivity index (χ1v) is 13.7. The van der Waals surface area contributed by atoms with Crippen LogP contribution in [0.5, 0.6) is 5.75 Å². The molecule has 1 heterocycles. The van der Waals surface area contributed by atoms with Crippen LogP contribution in [0.4, 0.5) is 10.7 Å². The molecule has 1 aliphatic rings. The van der Waals surface area contributed by atoms with Crippen molar-refractivity contribution in [3.8, 4) is 16.2 Å². The molecule has 0 bridgehead atoms. The molecule has 0 unspecified atom stereocenters. The number of carbonyl (C=O) groups is 1. The third-order valence-corrected chi connectivity index (χ3v) is 8.94. The van der Waals surface area contributed by atoms with E-state index < -0.39 is 22.5 Å². The number of methoxy groups -OCH3 is 2. The summed E-state index contributed by atoms with van der Waals surface area (Å²) in [4.78, 5) is 12.8. The van der Waals surface area contributed by atoms with E-state index in [9.17, 15) is 18.3 Å². The lowest BCUT2D eigenvalue weighted by atomic mass is 9.69. The van der Waals surface area contributed by atoms with Crippen molar-refractivity contribution >= 4 is 38.9 Å². The fourth-order valence-corrected chi connectivity index (χ4v) is 6.38. The van der Waals surface area contributed by atoms with Crippen molar-refractivity contribution in [2.24, 2.45) is 5.41 Å². The van der Waals surface area contributed by atoms with Gasteiger partial charge in [0.25, 0.3) is 0 Å². The maximum Gasteiger partial charge on any atom is 0.337 e. The molecule has 1 N–H and O–H groups in total. The Bertz CT molecular complexity index is 1310. The van der Waals surface area contributed by atoms with Crippen molar-refractivity contribution < 1.29 is 27.8 Å². The van der Waals surface area contributed by atoms with Crippen LogP contribution in [0.2, 0.25) is 0 Å². The summed E-state index contributed by atoms with van der Waals surface area (Å²) < 4.78 is 35.9. The molecular weight excluding hydrogens is 498 g/mol. The topological polar surface area (TPSA) is 93.1 Å². The summed E-state index contributed by atoms with van der Waals surface area (Å²) in [5.74, 6) is -0.304. The van der Waals surface area contributed by atoms with E-state index in [4.69, 9.17) is 9.47 Å². The molecule has 1 aliphatic carbocycles. The van der Waals surface area contributed by atoms with E-state index in [0.717, 1.165) is 41.7 Å². The molecule has 9 heteroatoms. The number of hydrogen-bond donors (Lipinski definition) is 2. The normalized spacial score (nSPS) is 16.5. The standard InChI is InChI=1S/C27H31NO6S2/c1-26(2)13-15-27(30,16-14-26)20-8-5-18(6-9-20)23-11-12-24(35-23)28(36(31)32)21-10-7-19(25(29)34-4)17-22(21)33-3/h5-12,17,30,36H,13-16H2,1-4H3. The van der Waals surface area contributed by atoms with Gasteiger partial charge in [0.2, 0.25) is 10.9 Å². The fourth-order valence-electron chi connectivity index (χ4n) is 4.56. The minimum Gasteiger partial charge on any atom is -0.495 e. The molecule has 1 aromatic heterocycles. The minimum absolute atomic E-state index is 0.236. The predicted octanol–water partition coefficient (Wildman–Crippen LogP) is 5.66. The van der Waals surface area contributed by atoms with E-state index in [1.165, 1.54) is 48.1 Å². The first-order chi connectivity index (χ1) is 17.1. The van der Waals surface area contributed by atoms with Crippen LogP contribution in [0.3, 0.4) is 0 Å². The van der Waals surface area contributed by atoms with Crippen molar-refractivity contribution in [1.82, 2.24) is 0 Å². The van der Waals surface area contributed by atoms with E-state index in [-0.39, 0.29) is 16.7 Å². The third kappa shape index (κ3) is 5.28. The Kier molecular flexibility index (Phi) is 7.45. The van der Waals surface area contributed by atoms with Gasteiger partial charge in [0, 0.05) is 4.88 Å². The summed E-state index contributed by atoms with van der Waals surface area (Å²) in [5, 5.41) is 11.7. The van der Waals surface area contributed by atoms with Gasteiger partial charge in [-0.15, -0.1) is 11.3 Å². The number of hydrogen-bond acceptors (Lipinski definition) is 7. The highest BCUT2D eigenvalue weighted by atomic mass is 32.2. The summed E-state index contributed by atoms with van der Waals surface area (Å²) in [6, 6.07) is 16.0. The molecule has 36 heavy (non-hydrogen) atoms. The molecule has 3 aromatic rings. The van der Waals surface area contributed by atoms with Crippen LogP contribution in [0.25, 0.3) is 10.4 Å². The Morgan fingerprint density at radius 1 is 0.972 bits per heavy atom. The van der Waals surface area contributed by atoms with Gasteiger partial charge in [0.15, 0.2) is 0 Å². The number of carbonyl (C=O) groups excluding carboxylic acids is 1. The molecule has 0 amide bonds. The van der Waals surface area contributed by atoms with Gasteiger partial charge in [-0.05, 0) is 72.6 Å². The molecule has 0 spiro atoms. The van der Waals surface area contributed by atoms with Crippen molar-refractivity contribution in [3.63, 3.8) is 0 Å². The van der Waals surface area contributed by atoms with Crippen LogP contribution in [0.15, 0.2) is 54.6 Å². The quantitative estimate of drug-likeness (QED) is 0.303. The van der Waals surface area contributed by atoms with Crippen molar-refractivity contribution in [2.75, 3.05) is 18.5 Å². The van der Waals surface area contributed by atoms with Gasteiger partial charge in [-0.2, -0.15) is 0 Å². The monoisotopic (exact) mass is 529 g/mol. The molecule has 192 valence electrons. The zero-order valence-corrected chi connectivity index (χ0v) is 22.5. The second-order valence-corrected chi connectivity index (χ2v) is 11.8. The maximum absolute atomic E-state index is 12.3. The summed E-state index contributed by atoms with van der Waals surface area (Å²) in [7, 11) is -0.344. The minimum atomic E-state index is -3.04. The van der Waals surface area contributed by atoms with Crippen LogP contribution in [0.1, 0.15) is 55.5 Å². The predicted molar refractivity (Wildman–Crippen MR) is 143 cm³/mol. The smallest absolute Gasteiger partial charge is 0.337 e. The molecule has 4 rings (SSSR count). The highest BCUT2D eigenvalue weighted by Gasteiger charge is 2.37. The number of benzene rings is 2. The van der Waals surface area contributed by atoms with Gasteiger partial charge < -0.3 is 14.6 Å². The summed E-state index contributed by atoms with van der Waals surface area (Å²) >= 11 is 1.32. The van der Waals surface area contributed by atoms with E-state index >= 15 is 0 Å². The number of anilines is 2. The second kappa shape index (κ2) is 10.2. The number of aliphatic hydroxyl groups is 1. The van der Waals surface area contributed by atoms with E-state index in [1.807, 2.05) is 30.3 Å². The average molecular weight is 530 g/mol. The third-order valence-electron chi connectivity index (χ3n) is 6.93. The van der Waals surface area contributed by atoms with Gasteiger partial charge in [0.05, 0.1) is 31.1 Å². The number of nitrogens with zero attached hydrogens (tertiary/aromatic N) is 1. The number of esters is 1. The number of thiophene rings is 1. The summed E-state index contributed by atoms with van der Waals surface area (Å²) in [5.41, 5.74) is 1.86. The lowest BCUT2D eigenvalue weighted by Crippen LogP contribution is -2.34. The zero-order valence-electron chi connectivity index (χ0n) is 20.8. The van der Waals surface area contributed by atoms with Gasteiger partial charge in [-0.1, -0.05) is 38.1 Å². The Labute approximate surface area is 217 Å². The van der Waals surface area contributed by atoms with Crippen LogP contribution in [-0.4, -0.2) is 33.7 Å². The van der Waals surface area contributed by atoms with Crippen LogP contribution in [-0.2, 0) is 21.2 Å². The van der Waals surface area contributed by atoms with Gasteiger partial charge >= 0.3 is 5.97 Å². The SMILES string of the molecule is COC(=O)c1ccc(N(c2ccc(-c3ccc(C4(O)CCC(C)(C)CC4)cc3)s2)[SH](=O)=O)c(OC)c1. The van der Waals surface area contributed by atoms with Crippen molar-refractivity contribution in [3.05, 3.63) is 65.7 Å². The molecule has 0 saturated heterocycles. The van der Waals surface area contributed by atoms with Crippen LogP contribution < -0.4 is 9.04 Å². The highest BCUT2D eigenvalue weighted by molar-refractivity contribution is 7.74. The summed E-state index contributed by atoms with van der Waals surface area (Å²) in [6.45, 7) is 4.48. The van der Waals surface area contributed by atoms with Crippen LogP contribution >= 0.6 is 11.3 Å². The van der Waals surface area contributed by atoms with Gasteiger partial charge in [-0.25, -0.2) is 17.5 Å². The summed E-state index contributed by atoms with van der Waals surface area (Å²) in [6.07, 6.45) is 3.44. The molecule has 0 radical (unpaired) electrons. The Balaban J connectivity index is 1.61.